The van der Waals surface area contributed by atoms with E-state index in [1.54, 1.807) is 17.7 Å². The number of aliphatic hydroxyl groups excluding tert-OH is 1. The third-order valence-corrected chi connectivity index (χ3v) is 8.11. The van der Waals surface area contributed by atoms with Gasteiger partial charge >= 0.3 is 0 Å². The van der Waals surface area contributed by atoms with Crippen LogP contribution in [-0.2, 0) is 9.84 Å². The molecule has 2 fully saturated rings. The highest BCUT2D eigenvalue weighted by Gasteiger charge is 2.26. The molecule has 12 nitrogen and oxygen atoms in total. The van der Waals surface area contributed by atoms with Crippen molar-refractivity contribution in [3.05, 3.63) is 46.0 Å². The van der Waals surface area contributed by atoms with E-state index in [-0.39, 0.29) is 35.3 Å². The monoisotopic (exact) mass is 571 g/mol. The molecular formula is C27H37N7O5S. The third kappa shape index (κ3) is 7.01. The summed E-state index contributed by atoms with van der Waals surface area (Å²) in [6.07, 6.45) is 8.61. The van der Waals surface area contributed by atoms with Crippen LogP contribution in [0.15, 0.2) is 29.3 Å². The molecule has 3 aromatic heterocycles. The first-order valence-electron chi connectivity index (χ1n) is 13.5. The summed E-state index contributed by atoms with van der Waals surface area (Å²) in [6.45, 7) is 6.83. The standard InChI is InChI=1S/C24H29N7O2.C3H8O3S/c1-15-19-14-27-24(28-20-8-7-18(13-26-20)30-11-9-25-10-12-30)29-22(19)31(17-5-3-4-6-17)23(33)21(15)16(2)32;1-7(5,6)3-2-4/h7-8,13-14,17,25H,3-6,9-12H2,1-2H3,(H,26,27,28,29);4H,2-3H2,1H3. The summed E-state index contributed by atoms with van der Waals surface area (Å²) in [7, 11) is -2.92. The van der Waals surface area contributed by atoms with E-state index in [2.05, 4.69) is 25.5 Å². The van der Waals surface area contributed by atoms with E-state index in [1.165, 1.54) is 6.92 Å². The normalized spacial score (nSPS) is 16.1. The highest BCUT2D eigenvalue weighted by Crippen LogP contribution is 2.32. The first kappa shape index (κ1) is 29.6. The molecule has 0 bridgehead atoms. The summed E-state index contributed by atoms with van der Waals surface area (Å²) in [4.78, 5) is 41.6. The van der Waals surface area contributed by atoms with Crippen LogP contribution in [0.25, 0.3) is 11.0 Å². The summed E-state index contributed by atoms with van der Waals surface area (Å²) in [5, 5.41) is 15.3. The summed E-state index contributed by atoms with van der Waals surface area (Å²) < 4.78 is 21.9. The van der Waals surface area contributed by atoms with E-state index < -0.39 is 9.84 Å². The third-order valence-electron chi connectivity index (χ3n) is 7.18. The van der Waals surface area contributed by atoms with E-state index in [9.17, 15) is 18.0 Å². The maximum Gasteiger partial charge on any atom is 0.263 e. The van der Waals surface area contributed by atoms with Crippen molar-refractivity contribution in [3.8, 4) is 0 Å². The van der Waals surface area contributed by atoms with Crippen LogP contribution in [0.1, 0.15) is 54.6 Å². The lowest BCUT2D eigenvalue weighted by atomic mass is 10.0. The Morgan fingerprint density at radius 3 is 2.40 bits per heavy atom. The Morgan fingerprint density at radius 2 is 1.85 bits per heavy atom. The Kier molecular flexibility index (Phi) is 9.48. The Bertz CT molecular complexity index is 1510. The Balaban J connectivity index is 0.000000470. The van der Waals surface area contributed by atoms with Crippen molar-refractivity contribution in [1.82, 2.24) is 24.8 Å². The number of aromatic nitrogens is 4. The summed E-state index contributed by atoms with van der Waals surface area (Å²) in [5.74, 6) is 0.667. The van der Waals surface area contributed by atoms with Crippen LogP contribution in [0.3, 0.4) is 0 Å². The maximum absolute atomic E-state index is 13.3. The predicted molar refractivity (Wildman–Crippen MR) is 155 cm³/mol. The molecule has 3 N–H and O–H groups in total. The Labute approximate surface area is 233 Å². The van der Waals surface area contributed by atoms with Gasteiger partial charge in [0.05, 0.1) is 29.8 Å². The number of ketones is 1. The number of nitrogens with one attached hydrogen (secondary N) is 2. The number of carbonyl (C=O) groups is 1. The molecule has 0 aromatic carbocycles. The molecule has 1 saturated carbocycles. The van der Waals surface area contributed by atoms with Gasteiger partial charge in [-0.05, 0) is 44.4 Å². The van der Waals surface area contributed by atoms with Gasteiger partial charge in [0.2, 0.25) is 5.95 Å². The molecule has 1 aliphatic carbocycles. The summed E-state index contributed by atoms with van der Waals surface area (Å²) in [5.41, 5.74) is 2.29. The number of hydrogen-bond donors (Lipinski definition) is 3. The van der Waals surface area contributed by atoms with Crippen LogP contribution in [0.5, 0.6) is 0 Å². The largest absolute Gasteiger partial charge is 0.395 e. The molecule has 0 unspecified atom stereocenters. The highest BCUT2D eigenvalue weighted by atomic mass is 32.2. The predicted octanol–water partition coefficient (Wildman–Crippen LogP) is 1.99. The van der Waals surface area contributed by atoms with Gasteiger partial charge in [0.25, 0.3) is 5.56 Å². The lowest BCUT2D eigenvalue weighted by Gasteiger charge is -2.29. The van der Waals surface area contributed by atoms with Gasteiger partial charge in [-0.3, -0.25) is 14.2 Å². The number of rotatable bonds is 7. The average Bonchev–Trinajstić information content (AvgIpc) is 3.44. The van der Waals surface area contributed by atoms with E-state index in [1.807, 2.05) is 18.3 Å². The van der Waals surface area contributed by atoms with Gasteiger partial charge in [-0.15, -0.1) is 0 Å². The zero-order valence-electron chi connectivity index (χ0n) is 23.2. The number of piperazine rings is 1. The molecule has 4 heterocycles. The first-order valence-corrected chi connectivity index (χ1v) is 15.5. The number of Topliss-reactive ketones (excluding diaryl/α,β-unsaturated/α-hetero) is 1. The molecule has 13 heteroatoms. The van der Waals surface area contributed by atoms with Gasteiger partial charge in [0, 0.05) is 50.1 Å². The van der Waals surface area contributed by atoms with Gasteiger partial charge in [-0.2, -0.15) is 4.98 Å². The molecule has 0 atom stereocenters. The second-order valence-electron chi connectivity index (χ2n) is 10.2. The molecule has 0 spiro atoms. The molecule has 5 rings (SSSR count). The number of fused-ring (bicyclic) bond motifs is 1. The van der Waals surface area contributed by atoms with Crippen molar-refractivity contribution in [3.63, 3.8) is 0 Å². The van der Waals surface area contributed by atoms with Gasteiger partial charge in [0.1, 0.15) is 21.3 Å². The van der Waals surface area contributed by atoms with E-state index in [4.69, 9.17) is 10.1 Å². The minimum absolute atomic E-state index is 0.0536. The van der Waals surface area contributed by atoms with Crippen LogP contribution in [0.2, 0.25) is 0 Å². The van der Waals surface area contributed by atoms with E-state index in [0.29, 0.717) is 23.0 Å². The van der Waals surface area contributed by atoms with Gasteiger partial charge < -0.3 is 20.6 Å². The van der Waals surface area contributed by atoms with Crippen LogP contribution >= 0.6 is 0 Å². The van der Waals surface area contributed by atoms with E-state index in [0.717, 1.165) is 69.2 Å². The van der Waals surface area contributed by atoms with Crippen LogP contribution < -0.4 is 21.1 Å². The molecule has 0 radical (unpaired) electrons. The summed E-state index contributed by atoms with van der Waals surface area (Å²) >= 11 is 0. The minimum atomic E-state index is -2.92. The average molecular weight is 572 g/mol. The number of hydrogen-bond acceptors (Lipinski definition) is 11. The molecule has 40 heavy (non-hydrogen) atoms. The quantitative estimate of drug-likeness (QED) is 0.356. The fourth-order valence-corrected chi connectivity index (χ4v) is 5.49. The maximum atomic E-state index is 13.3. The van der Waals surface area contributed by atoms with Crippen LogP contribution in [0, 0.1) is 6.92 Å². The fourth-order valence-electron chi connectivity index (χ4n) is 5.16. The van der Waals surface area contributed by atoms with Crippen molar-refractivity contribution >= 4 is 44.1 Å². The number of carbonyl (C=O) groups excluding carboxylic acids is 1. The summed E-state index contributed by atoms with van der Waals surface area (Å²) in [6, 6.07) is 4.01. The van der Waals surface area contributed by atoms with Gasteiger partial charge in [-0.1, -0.05) is 12.8 Å². The number of aryl methyl sites for hydroxylation is 1. The van der Waals surface area contributed by atoms with Gasteiger partial charge in [0.15, 0.2) is 5.78 Å². The molecular weight excluding hydrogens is 534 g/mol. The van der Waals surface area contributed by atoms with Crippen molar-refractivity contribution in [2.75, 3.05) is 55.0 Å². The SMILES string of the molecule is CC(=O)c1c(C)c2cnc(Nc3ccc(N4CCNCC4)cn3)nc2n(C2CCCC2)c1=O.CS(=O)(=O)CCO. The fraction of sp³-hybridized carbons (Fsp3) is 0.519. The van der Waals surface area contributed by atoms with Crippen LogP contribution in [-0.4, -0.2) is 83.6 Å². The van der Waals surface area contributed by atoms with Gasteiger partial charge in [-0.25, -0.2) is 18.4 Å². The number of aliphatic hydroxyl groups is 1. The molecule has 2 aliphatic rings. The number of sulfone groups is 1. The smallest absolute Gasteiger partial charge is 0.263 e. The second-order valence-corrected chi connectivity index (χ2v) is 12.5. The number of nitrogens with zero attached hydrogens (tertiary/aromatic N) is 5. The van der Waals surface area contributed by atoms with Crippen molar-refractivity contribution < 1.29 is 18.3 Å². The molecule has 1 saturated heterocycles. The van der Waals surface area contributed by atoms with Crippen molar-refractivity contribution in [2.24, 2.45) is 0 Å². The van der Waals surface area contributed by atoms with Crippen LogP contribution in [0.4, 0.5) is 17.5 Å². The second kappa shape index (κ2) is 12.8. The molecule has 0 amide bonds. The number of pyridine rings is 2. The molecule has 216 valence electrons. The van der Waals surface area contributed by atoms with E-state index >= 15 is 0 Å². The van der Waals surface area contributed by atoms with Crippen molar-refractivity contribution in [1.29, 1.82) is 0 Å². The first-order chi connectivity index (χ1) is 19.1. The van der Waals surface area contributed by atoms with Crippen molar-refractivity contribution in [2.45, 2.75) is 45.6 Å². The molecule has 1 aliphatic heterocycles. The topological polar surface area (TPSA) is 159 Å². The lowest BCUT2D eigenvalue weighted by Crippen LogP contribution is -2.43. The minimum Gasteiger partial charge on any atom is -0.395 e. The zero-order valence-corrected chi connectivity index (χ0v) is 24.0. The Morgan fingerprint density at radius 1 is 1.15 bits per heavy atom. The Hall–Kier alpha value is -3.42. The molecule has 3 aromatic rings. The zero-order chi connectivity index (χ0) is 28.9. The lowest BCUT2D eigenvalue weighted by molar-refractivity contribution is 0.101. The highest BCUT2D eigenvalue weighted by molar-refractivity contribution is 7.90. The number of anilines is 3.